The highest BCUT2D eigenvalue weighted by atomic mass is 32.2. The average molecular weight is 312 g/mol. The van der Waals surface area contributed by atoms with Crippen LogP contribution in [0.15, 0.2) is 0 Å². The highest BCUT2D eigenvalue weighted by Gasteiger charge is 2.13. The minimum Gasteiger partial charge on any atom is -0.354 e. The molecule has 0 spiro atoms. The van der Waals surface area contributed by atoms with Gasteiger partial charge in [0, 0.05) is 39.0 Å². The molecule has 1 rings (SSSR count). The maximum absolute atomic E-state index is 4.62. The summed E-state index contributed by atoms with van der Waals surface area (Å²) in [6.45, 7) is 9.94. The van der Waals surface area contributed by atoms with Crippen LogP contribution in [0.25, 0.3) is 0 Å². The minimum atomic E-state index is 0.666. The fourth-order valence-corrected chi connectivity index (χ4v) is 2.27. The molecule has 0 atom stereocenters. The molecule has 1 heterocycles. The Kier molecular flexibility index (Phi) is 8.19. The predicted molar refractivity (Wildman–Crippen MR) is 93.8 cm³/mol. The molecule has 1 aromatic heterocycles. The molecule has 0 saturated heterocycles. The van der Waals surface area contributed by atoms with Crippen molar-refractivity contribution >= 4 is 29.6 Å². The van der Waals surface area contributed by atoms with Crippen molar-refractivity contribution in [2.24, 2.45) is 0 Å². The first-order valence-electron chi connectivity index (χ1n) is 7.61. The minimum absolute atomic E-state index is 0.666. The van der Waals surface area contributed by atoms with E-state index < -0.39 is 0 Å². The van der Waals surface area contributed by atoms with Crippen molar-refractivity contribution in [2.75, 3.05) is 60.4 Å². The van der Waals surface area contributed by atoms with E-state index in [-0.39, 0.29) is 0 Å². The lowest BCUT2D eigenvalue weighted by Gasteiger charge is -2.22. The van der Waals surface area contributed by atoms with Crippen molar-refractivity contribution < 1.29 is 0 Å². The number of hydrogen-bond acceptors (Lipinski definition) is 7. The lowest BCUT2D eigenvalue weighted by molar-refractivity contribution is 0.796. The average Bonchev–Trinajstić information content (AvgIpc) is 2.51. The van der Waals surface area contributed by atoms with E-state index in [0.717, 1.165) is 50.2 Å². The van der Waals surface area contributed by atoms with Gasteiger partial charge in [-0.1, -0.05) is 6.92 Å². The summed E-state index contributed by atoms with van der Waals surface area (Å²) in [6, 6.07) is 0. The molecule has 0 radical (unpaired) electrons. The molecular formula is C14H28N6S. The molecule has 21 heavy (non-hydrogen) atoms. The van der Waals surface area contributed by atoms with Gasteiger partial charge in [-0.25, -0.2) is 0 Å². The third-order valence-corrected chi connectivity index (χ3v) is 3.75. The molecule has 6 nitrogen and oxygen atoms in total. The van der Waals surface area contributed by atoms with Crippen molar-refractivity contribution in [3.63, 3.8) is 0 Å². The normalized spacial score (nSPS) is 10.5. The van der Waals surface area contributed by atoms with E-state index in [1.165, 1.54) is 0 Å². The molecule has 1 aromatic rings. The summed E-state index contributed by atoms with van der Waals surface area (Å²) in [5.74, 6) is 3.21. The second kappa shape index (κ2) is 9.65. The Bertz CT molecular complexity index is 410. The Morgan fingerprint density at radius 3 is 2.29 bits per heavy atom. The molecule has 1 N–H and O–H groups in total. The Labute approximate surface area is 132 Å². The van der Waals surface area contributed by atoms with E-state index >= 15 is 0 Å². The van der Waals surface area contributed by atoms with Crippen LogP contribution < -0.4 is 15.1 Å². The van der Waals surface area contributed by atoms with Crippen LogP contribution in [0.2, 0.25) is 0 Å². The second-order valence-electron chi connectivity index (χ2n) is 4.77. The molecular weight excluding hydrogens is 284 g/mol. The fraction of sp³-hybridized carbons (Fsp3) is 0.786. The van der Waals surface area contributed by atoms with E-state index in [0.29, 0.717) is 5.95 Å². The van der Waals surface area contributed by atoms with Crippen LogP contribution in [0.3, 0.4) is 0 Å². The predicted octanol–water partition coefficient (Wildman–Crippen LogP) is 2.34. The number of anilines is 3. The molecule has 0 aromatic carbocycles. The van der Waals surface area contributed by atoms with Crippen molar-refractivity contribution in [2.45, 2.75) is 27.2 Å². The largest absolute Gasteiger partial charge is 0.354 e. The SMILES string of the molecule is CCCNc1nc(N(C)CCSC)nc(N(CC)CC)n1. The summed E-state index contributed by atoms with van der Waals surface area (Å²) >= 11 is 1.82. The van der Waals surface area contributed by atoms with Gasteiger partial charge in [0.2, 0.25) is 17.8 Å². The van der Waals surface area contributed by atoms with Crippen LogP contribution in [0, 0.1) is 0 Å². The topological polar surface area (TPSA) is 57.2 Å². The zero-order chi connectivity index (χ0) is 15.7. The van der Waals surface area contributed by atoms with E-state index in [9.17, 15) is 0 Å². The number of aromatic nitrogens is 3. The lowest BCUT2D eigenvalue weighted by Crippen LogP contribution is -2.28. The second-order valence-corrected chi connectivity index (χ2v) is 5.76. The molecule has 7 heteroatoms. The smallest absolute Gasteiger partial charge is 0.231 e. The first kappa shape index (κ1) is 17.8. The Morgan fingerprint density at radius 1 is 1.05 bits per heavy atom. The van der Waals surface area contributed by atoms with Gasteiger partial charge < -0.3 is 15.1 Å². The van der Waals surface area contributed by atoms with Crippen LogP contribution in [-0.4, -0.2) is 60.2 Å². The summed E-state index contributed by atoms with van der Waals surface area (Å²) in [5, 5.41) is 3.27. The van der Waals surface area contributed by atoms with Gasteiger partial charge in [-0.05, 0) is 26.5 Å². The van der Waals surface area contributed by atoms with E-state index in [2.05, 4.69) is 57.1 Å². The molecule has 0 aliphatic carbocycles. The van der Waals surface area contributed by atoms with Gasteiger partial charge in [0.1, 0.15) is 0 Å². The standard InChI is InChI=1S/C14H28N6S/c1-6-9-15-12-16-13(19(4)10-11-21-5)18-14(17-12)20(7-2)8-3/h6-11H2,1-5H3,(H,15,16,17,18). The Balaban J connectivity index is 3.01. The maximum atomic E-state index is 4.62. The Morgan fingerprint density at radius 2 is 1.71 bits per heavy atom. The highest BCUT2D eigenvalue weighted by molar-refractivity contribution is 7.98. The van der Waals surface area contributed by atoms with Crippen LogP contribution in [0.5, 0.6) is 0 Å². The molecule has 0 fully saturated rings. The van der Waals surface area contributed by atoms with Gasteiger partial charge in [-0.15, -0.1) is 0 Å². The molecule has 0 bridgehead atoms. The molecule has 120 valence electrons. The monoisotopic (exact) mass is 312 g/mol. The maximum Gasteiger partial charge on any atom is 0.231 e. The van der Waals surface area contributed by atoms with Crippen molar-refractivity contribution in [3.05, 3.63) is 0 Å². The van der Waals surface area contributed by atoms with Crippen LogP contribution in [-0.2, 0) is 0 Å². The molecule has 0 aliphatic rings. The molecule has 0 saturated carbocycles. The number of rotatable bonds is 10. The summed E-state index contributed by atoms with van der Waals surface area (Å²) < 4.78 is 0. The zero-order valence-electron chi connectivity index (χ0n) is 13.9. The highest BCUT2D eigenvalue weighted by Crippen LogP contribution is 2.16. The number of hydrogen-bond donors (Lipinski definition) is 1. The van der Waals surface area contributed by atoms with Gasteiger partial charge >= 0.3 is 0 Å². The summed E-state index contributed by atoms with van der Waals surface area (Å²) in [6.07, 6.45) is 3.15. The van der Waals surface area contributed by atoms with Crippen molar-refractivity contribution in [3.8, 4) is 0 Å². The van der Waals surface area contributed by atoms with Crippen LogP contribution in [0.1, 0.15) is 27.2 Å². The molecule has 0 aliphatic heterocycles. The van der Waals surface area contributed by atoms with E-state index in [1.54, 1.807) is 0 Å². The molecule has 0 amide bonds. The quantitative estimate of drug-likeness (QED) is 0.711. The van der Waals surface area contributed by atoms with Crippen LogP contribution >= 0.6 is 11.8 Å². The van der Waals surface area contributed by atoms with Gasteiger partial charge in [0.05, 0.1) is 0 Å². The Hall–Kier alpha value is -1.24. The van der Waals surface area contributed by atoms with Crippen molar-refractivity contribution in [1.29, 1.82) is 0 Å². The lowest BCUT2D eigenvalue weighted by atomic mass is 10.5. The van der Waals surface area contributed by atoms with Gasteiger partial charge in [0.15, 0.2) is 0 Å². The first-order valence-corrected chi connectivity index (χ1v) is 9.00. The first-order chi connectivity index (χ1) is 10.2. The van der Waals surface area contributed by atoms with Gasteiger partial charge in [0.25, 0.3) is 0 Å². The summed E-state index contributed by atoms with van der Waals surface area (Å²) in [4.78, 5) is 17.9. The fourth-order valence-electron chi connectivity index (χ4n) is 1.82. The van der Waals surface area contributed by atoms with E-state index in [1.807, 2.05) is 18.8 Å². The zero-order valence-corrected chi connectivity index (χ0v) is 14.7. The summed E-state index contributed by atoms with van der Waals surface area (Å²) in [7, 11) is 2.03. The number of nitrogens with zero attached hydrogens (tertiary/aromatic N) is 5. The third kappa shape index (κ3) is 5.57. The number of thioether (sulfide) groups is 1. The number of nitrogens with one attached hydrogen (secondary N) is 1. The van der Waals surface area contributed by atoms with E-state index in [4.69, 9.17) is 0 Å². The summed E-state index contributed by atoms with van der Waals surface area (Å²) in [5.41, 5.74) is 0. The molecule has 0 unspecified atom stereocenters. The van der Waals surface area contributed by atoms with Gasteiger partial charge in [-0.3, -0.25) is 0 Å². The van der Waals surface area contributed by atoms with Crippen molar-refractivity contribution in [1.82, 2.24) is 15.0 Å². The third-order valence-electron chi connectivity index (χ3n) is 3.16. The van der Waals surface area contributed by atoms with Gasteiger partial charge in [-0.2, -0.15) is 26.7 Å². The van der Waals surface area contributed by atoms with Crippen LogP contribution in [0.4, 0.5) is 17.8 Å².